The average molecular weight is 586 g/mol. The van der Waals surface area contributed by atoms with Gasteiger partial charge in [0, 0.05) is 50.3 Å². The van der Waals surface area contributed by atoms with Gasteiger partial charge in [0.05, 0.1) is 16.3 Å². The maximum absolute atomic E-state index is 13.7. The van der Waals surface area contributed by atoms with Crippen LogP contribution in [0.3, 0.4) is 0 Å². The first kappa shape index (κ1) is 29.7. The molecule has 0 unspecified atom stereocenters. The van der Waals surface area contributed by atoms with Crippen LogP contribution in [-0.2, 0) is 27.2 Å². The summed E-state index contributed by atoms with van der Waals surface area (Å²) < 4.78 is 6.88. The molecule has 0 aromatic carbocycles. The minimum atomic E-state index is -0.655. The van der Waals surface area contributed by atoms with Crippen LogP contribution in [0.2, 0.25) is 0 Å². The second kappa shape index (κ2) is 12.5. The van der Waals surface area contributed by atoms with Crippen molar-refractivity contribution in [1.82, 2.24) is 19.3 Å². The fourth-order valence-electron chi connectivity index (χ4n) is 4.42. The molecule has 214 valence electrons. The minimum absolute atomic E-state index is 0.0675. The van der Waals surface area contributed by atoms with Crippen molar-refractivity contribution in [1.29, 1.82) is 0 Å². The van der Waals surface area contributed by atoms with Gasteiger partial charge in [-0.1, -0.05) is 13.8 Å². The molecule has 3 aromatic rings. The van der Waals surface area contributed by atoms with Crippen LogP contribution in [0.25, 0.3) is 11.7 Å². The summed E-state index contributed by atoms with van der Waals surface area (Å²) in [4.78, 5) is 51.4. The van der Waals surface area contributed by atoms with E-state index in [1.165, 1.54) is 16.6 Å². The lowest BCUT2D eigenvalue weighted by Crippen LogP contribution is -2.50. The molecule has 0 spiro atoms. The lowest BCUT2D eigenvalue weighted by Gasteiger charge is -2.35. The Bertz CT molecular complexity index is 1470. The number of fused-ring (bicyclic) bond motifs is 1. The van der Waals surface area contributed by atoms with Crippen LogP contribution in [0.5, 0.6) is 0 Å². The number of carbonyl (C=O) groups is 2. The van der Waals surface area contributed by atoms with Gasteiger partial charge in [-0.05, 0) is 56.9 Å². The standard InChI is InChI=1S/C29H36ClN5O4S/c1-19(2)22-18-40-24(31-22)8-6-20-10-11-35-23(16-20)32-27(34-14-12-33(13-15-34)25(36)17-30)21(28(35)38)7-9-26(37)39-29(3,4)5/h7,9-11,16,18-19H,6,8,12-15,17H2,1-5H3/b9-7+. The van der Waals surface area contributed by atoms with Crippen molar-refractivity contribution in [3.63, 3.8) is 0 Å². The van der Waals surface area contributed by atoms with Crippen molar-refractivity contribution in [3.8, 4) is 0 Å². The molecule has 0 saturated carbocycles. The van der Waals surface area contributed by atoms with Crippen LogP contribution < -0.4 is 10.5 Å². The van der Waals surface area contributed by atoms with Gasteiger partial charge < -0.3 is 14.5 Å². The predicted octanol–water partition coefficient (Wildman–Crippen LogP) is 4.30. The summed E-state index contributed by atoms with van der Waals surface area (Å²) in [6.45, 7) is 11.5. The zero-order chi connectivity index (χ0) is 29.0. The van der Waals surface area contributed by atoms with Gasteiger partial charge in [0.25, 0.3) is 5.56 Å². The van der Waals surface area contributed by atoms with Gasteiger partial charge in [-0.15, -0.1) is 22.9 Å². The number of halogens is 1. The Balaban J connectivity index is 1.66. The Labute approximate surface area is 243 Å². The van der Waals surface area contributed by atoms with Crippen LogP contribution in [-0.4, -0.2) is 68.8 Å². The second-order valence-corrected chi connectivity index (χ2v) is 12.3. The Morgan fingerprint density at radius 3 is 2.50 bits per heavy atom. The highest BCUT2D eigenvalue weighted by Gasteiger charge is 2.25. The molecule has 9 nitrogen and oxygen atoms in total. The molecule has 0 atom stereocenters. The molecule has 1 amide bonds. The molecule has 0 aliphatic carbocycles. The summed E-state index contributed by atoms with van der Waals surface area (Å²) in [5.41, 5.74) is 2.03. The number of rotatable bonds is 8. The van der Waals surface area contributed by atoms with Gasteiger partial charge in [0.15, 0.2) is 0 Å². The number of thiazole rings is 1. The van der Waals surface area contributed by atoms with Crippen molar-refractivity contribution < 1.29 is 14.3 Å². The lowest BCUT2D eigenvalue weighted by molar-refractivity contribution is -0.148. The zero-order valence-electron chi connectivity index (χ0n) is 23.6. The minimum Gasteiger partial charge on any atom is -0.457 e. The van der Waals surface area contributed by atoms with Crippen LogP contribution in [0.1, 0.15) is 62.4 Å². The Morgan fingerprint density at radius 2 is 1.88 bits per heavy atom. The predicted molar refractivity (Wildman–Crippen MR) is 159 cm³/mol. The van der Waals surface area contributed by atoms with E-state index in [0.717, 1.165) is 29.1 Å². The number of pyridine rings is 1. The van der Waals surface area contributed by atoms with Gasteiger partial charge >= 0.3 is 5.97 Å². The third-order valence-electron chi connectivity index (χ3n) is 6.54. The monoisotopic (exact) mass is 585 g/mol. The Morgan fingerprint density at radius 1 is 1.15 bits per heavy atom. The fraction of sp³-hybridized carbons (Fsp3) is 0.483. The van der Waals surface area contributed by atoms with Crippen molar-refractivity contribution in [2.24, 2.45) is 0 Å². The third-order valence-corrected chi connectivity index (χ3v) is 7.69. The van der Waals surface area contributed by atoms with E-state index >= 15 is 0 Å². The van der Waals surface area contributed by atoms with E-state index in [2.05, 4.69) is 19.2 Å². The highest BCUT2D eigenvalue weighted by molar-refractivity contribution is 7.09. The molecule has 11 heteroatoms. The number of carbonyl (C=O) groups excluding carboxylic acids is 2. The largest absolute Gasteiger partial charge is 0.457 e. The molecule has 3 aromatic heterocycles. The summed E-state index contributed by atoms with van der Waals surface area (Å²) in [5, 5.41) is 3.20. The Hall–Kier alpha value is -3.24. The van der Waals surface area contributed by atoms with Crippen LogP contribution in [0.4, 0.5) is 5.82 Å². The molecule has 0 N–H and O–H groups in total. The van der Waals surface area contributed by atoms with Gasteiger partial charge in [0.1, 0.15) is 22.9 Å². The first-order valence-electron chi connectivity index (χ1n) is 13.4. The van der Waals surface area contributed by atoms with E-state index in [0.29, 0.717) is 43.6 Å². The number of hydrogen-bond acceptors (Lipinski definition) is 8. The molecule has 4 heterocycles. The van der Waals surface area contributed by atoms with E-state index in [4.69, 9.17) is 26.3 Å². The van der Waals surface area contributed by atoms with Gasteiger partial charge in [-0.3, -0.25) is 14.0 Å². The average Bonchev–Trinajstić information content (AvgIpc) is 3.39. The number of nitrogens with zero attached hydrogens (tertiary/aromatic N) is 5. The lowest BCUT2D eigenvalue weighted by atomic mass is 10.1. The number of aryl methyl sites for hydroxylation is 2. The number of alkyl halides is 1. The number of anilines is 1. The molecule has 40 heavy (non-hydrogen) atoms. The fourth-order valence-corrected chi connectivity index (χ4v) is 5.55. The normalized spacial score (nSPS) is 14.5. The van der Waals surface area contributed by atoms with E-state index in [1.54, 1.807) is 43.2 Å². The molecular formula is C29H36ClN5O4S. The van der Waals surface area contributed by atoms with E-state index < -0.39 is 11.6 Å². The molecule has 4 rings (SSSR count). The number of aromatic nitrogens is 3. The smallest absolute Gasteiger partial charge is 0.331 e. The Kier molecular flexibility index (Phi) is 9.30. The number of esters is 1. The molecule has 0 bridgehead atoms. The molecule has 1 aliphatic heterocycles. The van der Waals surface area contributed by atoms with Gasteiger partial charge in [0.2, 0.25) is 5.91 Å². The number of ether oxygens (including phenoxy) is 1. The topological polar surface area (TPSA) is 97.1 Å². The zero-order valence-corrected chi connectivity index (χ0v) is 25.2. The summed E-state index contributed by atoms with van der Waals surface area (Å²) in [5.74, 6) is 0.138. The molecule has 1 aliphatic rings. The number of hydrogen-bond donors (Lipinski definition) is 0. The first-order valence-corrected chi connectivity index (χ1v) is 14.9. The van der Waals surface area contributed by atoms with Crippen molar-refractivity contribution >= 4 is 52.4 Å². The summed E-state index contributed by atoms with van der Waals surface area (Å²) in [6, 6.07) is 3.85. The highest BCUT2D eigenvalue weighted by atomic mass is 35.5. The second-order valence-electron chi connectivity index (χ2n) is 11.1. The third kappa shape index (κ3) is 7.28. The van der Waals surface area contributed by atoms with Crippen LogP contribution >= 0.6 is 22.9 Å². The first-order chi connectivity index (χ1) is 18.9. The van der Waals surface area contributed by atoms with E-state index in [1.807, 2.05) is 17.0 Å². The van der Waals surface area contributed by atoms with Gasteiger partial charge in [-0.2, -0.15) is 0 Å². The van der Waals surface area contributed by atoms with Crippen LogP contribution in [0.15, 0.2) is 34.6 Å². The maximum Gasteiger partial charge on any atom is 0.331 e. The van der Waals surface area contributed by atoms with Gasteiger partial charge in [-0.25, -0.2) is 14.8 Å². The molecule has 1 fully saturated rings. The highest BCUT2D eigenvalue weighted by Crippen LogP contribution is 2.22. The van der Waals surface area contributed by atoms with E-state index in [-0.39, 0.29) is 22.9 Å². The molecule has 1 saturated heterocycles. The van der Waals surface area contributed by atoms with Crippen molar-refractivity contribution in [3.05, 3.63) is 62.0 Å². The van der Waals surface area contributed by atoms with Crippen LogP contribution in [0, 0.1) is 0 Å². The van der Waals surface area contributed by atoms with E-state index in [9.17, 15) is 14.4 Å². The van der Waals surface area contributed by atoms with Crippen molar-refractivity contribution in [2.45, 2.75) is 59.0 Å². The number of amides is 1. The molecule has 0 radical (unpaired) electrons. The SMILES string of the molecule is CC(C)c1csc(CCc2ccn3c(=O)c(/C=C/C(=O)OC(C)(C)C)c(N4CCN(C(=O)CCl)CC4)nc3c2)n1. The van der Waals surface area contributed by atoms with Crippen molar-refractivity contribution in [2.75, 3.05) is 37.0 Å². The summed E-state index contributed by atoms with van der Waals surface area (Å²) in [7, 11) is 0. The maximum atomic E-state index is 13.7. The summed E-state index contributed by atoms with van der Waals surface area (Å²) >= 11 is 7.41. The number of piperazine rings is 1. The summed E-state index contributed by atoms with van der Waals surface area (Å²) in [6.07, 6.45) is 6.04. The quantitative estimate of drug-likeness (QED) is 0.221. The molecular weight excluding hydrogens is 550 g/mol.